The van der Waals surface area contributed by atoms with E-state index in [1.807, 2.05) is 24.3 Å². The summed E-state index contributed by atoms with van der Waals surface area (Å²) in [6, 6.07) is 53.4. The van der Waals surface area contributed by atoms with Crippen LogP contribution in [0.1, 0.15) is 0 Å². The molecule has 0 spiro atoms. The van der Waals surface area contributed by atoms with Crippen LogP contribution in [-0.2, 0) is 0 Å². The van der Waals surface area contributed by atoms with E-state index in [1.165, 1.54) is 37.9 Å². The van der Waals surface area contributed by atoms with Crippen LogP contribution in [0.5, 0.6) is 0 Å². The number of para-hydroxylation sites is 2. The Labute approximate surface area is 274 Å². The molecule has 0 saturated carbocycles. The van der Waals surface area contributed by atoms with Gasteiger partial charge < -0.3 is 4.42 Å². The maximum Gasteiger partial charge on any atom is 0.165 e. The summed E-state index contributed by atoms with van der Waals surface area (Å²) in [5, 5.41) is 9.47. The number of nitrogens with zero attached hydrogens (tertiary/aromatic N) is 3. The van der Waals surface area contributed by atoms with Crippen molar-refractivity contribution in [2.45, 2.75) is 0 Å². The van der Waals surface area contributed by atoms with Gasteiger partial charge in [0.05, 0.1) is 22.1 Å². The van der Waals surface area contributed by atoms with Crippen molar-refractivity contribution in [3.63, 3.8) is 0 Å². The van der Waals surface area contributed by atoms with Crippen LogP contribution in [0.2, 0.25) is 0 Å². The lowest BCUT2D eigenvalue weighted by Gasteiger charge is -2.14. The van der Waals surface area contributed by atoms with Crippen molar-refractivity contribution in [1.82, 2.24) is 14.5 Å². The molecule has 4 nitrogen and oxygen atoms in total. The van der Waals surface area contributed by atoms with Crippen LogP contribution >= 0.6 is 0 Å². The molecule has 4 heteroatoms. The molecular weight excluding hydrogens is 587 g/mol. The largest absolute Gasteiger partial charge is 0.456 e. The van der Waals surface area contributed by atoms with Crippen LogP contribution in [0.3, 0.4) is 0 Å². The monoisotopic (exact) mass is 611 g/mol. The van der Waals surface area contributed by atoms with E-state index in [2.05, 4.69) is 132 Å². The number of fused-ring (bicyclic) bond motifs is 4. The summed E-state index contributed by atoms with van der Waals surface area (Å²) < 4.78 is 8.90. The SMILES string of the molecule is c1ccc(-c2cccc(-c3nc4ccccc4nc3-n3c4cccc5c6ccccc6c6cccc7oc8ccc3c(c8c76)c54)c2)cc1. The summed E-state index contributed by atoms with van der Waals surface area (Å²) in [6.07, 6.45) is 0. The summed E-state index contributed by atoms with van der Waals surface area (Å²) >= 11 is 0. The predicted octanol–water partition coefficient (Wildman–Crippen LogP) is 11.7. The van der Waals surface area contributed by atoms with Gasteiger partial charge in [-0.1, -0.05) is 109 Å². The predicted molar refractivity (Wildman–Crippen MR) is 198 cm³/mol. The van der Waals surface area contributed by atoms with Crippen molar-refractivity contribution in [3.8, 4) is 28.2 Å². The zero-order valence-corrected chi connectivity index (χ0v) is 25.7. The Morgan fingerprint density at radius 3 is 1.83 bits per heavy atom. The van der Waals surface area contributed by atoms with Crippen LogP contribution < -0.4 is 0 Å². The van der Waals surface area contributed by atoms with Crippen LogP contribution in [0, 0.1) is 0 Å². The Kier molecular flexibility index (Phi) is 5.08. The Balaban J connectivity index is 1.35. The standard InChI is InChI=1S/C44H25N3O/c1-2-11-26(12-3-1)27-13-8-14-28(25-27)43-44(46-34-20-7-6-19-33(34)45-43)47-35-21-9-17-31-29-15-4-5-16-30(29)32-18-10-22-37-40(32)42-38(48-37)24-23-36(47)41(42)39(31)35/h1-25H. The minimum Gasteiger partial charge on any atom is -0.456 e. The summed E-state index contributed by atoms with van der Waals surface area (Å²) in [7, 11) is 0. The fourth-order valence-corrected chi connectivity index (χ4v) is 7.90. The highest BCUT2D eigenvalue weighted by Crippen LogP contribution is 2.47. The molecule has 0 aliphatic heterocycles. The summed E-state index contributed by atoms with van der Waals surface area (Å²) in [6.45, 7) is 0. The first-order chi connectivity index (χ1) is 23.8. The third-order valence-corrected chi connectivity index (χ3v) is 9.93. The van der Waals surface area contributed by atoms with Gasteiger partial charge in [0, 0.05) is 27.1 Å². The molecule has 222 valence electrons. The van der Waals surface area contributed by atoms with Crippen molar-refractivity contribution in [2.75, 3.05) is 0 Å². The fraction of sp³-hybridized carbons (Fsp3) is 0. The topological polar surface area (TPSA) is 43.9 Å². The number of benzene rings is 7. The molecule has 0 unspecified atom stereocenters. The molecule has 0 aliphatic carbocycles. The normalized spacial score (nSPS) is 12.2. The number of hydrogen-bond donors (Lipinski definition) is 0. The van der Waals surface area contributed by atoms with E-state index < -0.39 is 0 Å². The third-order valence-electron chi connectivity index (χ3n) is 9.93. The van der Waals surface area contributed by atoms with Gasteiger partial charge in [-0.2, -0.15) is 0 Å². The van der Waals surface area contributed by atoms with Gasteiger partial charge in [0.25, 0.3) is 0 Å². The molecule has 0 atom stereocenters. The average Bonchev–Trinajstić information content (AvgIpc) is 3.70. The highest BCUT2D eigenvalue weighted by molar-refractivity contribution is 6.38. The lowest BCUT2D eigenvalue weighted by molar-refractivity contribution is 0.669. The van der Waals surface area contributed by atoms with Crippen molar-refractivity contribution < 1.29 is 4.42 Å². The first kappa shape index (κ1) is 25.6. The number of furan rings is 1. The van der Waals surface area contributed by atoms with E-state index in [4.69, 9.17) is 14.4 Å². The summed E-state index contributed by atoms with van der Waals surface area (Å²) in [5.74, 6) is 0.802. The Hall–Kier alpha value is -6.52. The summed E-state index contributed by atoms with van der Waals surface area (Å²) in [4.78, 5) is 10.8. The van der Waals surface area contributed by atoms with Crippen molar-refractivity contribution in [2.24, 2.45) is 0 Å². The molecule has 0 fully saturated rings. The van der Waals surface area contributed by atoms with Gasteiger partial charge in [-0.25, -0.2) is 9.97 Å². The van der Waals surface area contributed by atoms with E-state index >= 15 is 0 Å². The molecule has 0 amide bonds. The molecule has 3 aromatic heterocycles. The quantitative estimate of drug-likeness (QED) is 0.200. The molecule has 3 heterocycles. The fourth-order valence-electron chi connectivity index (χ4n) is 7.90. The van der Waals surface area contributed by atoms with Crippen LogP contribution in [0.4, 0.5) is 0 Å². The van der Waals surface area contributed by atoms with Crippen LogP contribution in [0.25, 0.3) is 105 Å². The van der Waals surface area contributed by atoms with E-state index in [-0.39, 0.29) is 0 Å². The molecule has 0 aliphatic rings. The zero-order valence-electron chi connectivity index (χ0n) is 25.7. The Morgan fingerprint density at radius 1 is 0.396 bits per heavy atom. The second-order valence-corrected chi connectivity index (χ2v) is 12.5. The highest BCUT2D eigenvalue weighted by Gasteiger charge is 2.25. The van der Waals surface area contributed by atoms with Crippen LogP contribution in [-0.4, -0.2) is 14.5 Å². The van der Waals surface area contributed by atoms with Gasteiger partial charge >= 0.3 is 0 Å². The lowest BCUT2D eigenvalue weighted by atomic mass is 9.95. The van der Waals surface area contributed by atoms with Crippen LogP contribution in [0.15, 0.2) is 156 Å². The smallest absolute Gasteiger partial charge is 0.165 e. The Bertz CT molecular complexity index is 3060. The number of hydrogen-bond acceptors (Lipinski definition) is 3. The minimum atomic E-state index is 0.802. The molecule has 11 aromatic rings. The maximum atomic E-state index is 6.57. The molecule has 0 N–H and O–H groups in total. The molecule has 0 bridgehead atoms. The number of aromatic nitrogens is 3. The van der Waals surface area contributed by atoms with Gasteiger partial charge in [0.2, 0.25) is 0 Å². The van der Waals surface area contributed by atoms with Gasteiger partial charge in [-0.3, -0.25) is 4.57 Å². The Morgan fingerprint density at radius 2 is 1.00 bits per heavy atom. The molecule has 48 heavy (non-hydrogen) atoms. The zero-order chi connectivity index (χ0) is 31.3. The molecule has 0 saturated heterocycles. The highest BCUT2D eigenvalue weighted by atomic mass is 16.3. The third kappa shape index (κ3) is 3.43. The molecule has 11 rings (SSSR count). The maximum absolute atomic E-state index is 6.57. The van der Waals surface area contributed by atoms with E-state index in [9.17, 15) is 0 Å². The first-order valence-corrected chi connectivity index (χ1v) is 16.3. The van der Waals surface area contributed by atoms with Gasteiger partial charge in [0.1, 0.15) is 16.9 Å². The van der Waals surface area contributed by atoms with E-state index in [1.54, 1.807) is 0 Å². The first-order valence-electron chi connectivity index (χ1n) is 16.3. The molecular formula is C44H25N3O. The number of rotatable bonds is 3. The van der Waals surface area contributed by atoms with Crippen molar-refractivity contribution in [3.05, 3.63) is 152 Å². The lowest BCUT2D eigenvalue weighted by Crippen LogP contribution is -2.03. The van der Waals surface area contributed by atoms with Gasteiger partial charge in [0.15, 0.2) is 5.82 Å². The van der Waals surface area contributed by atoms with E-state index in [0.717, 1.165) is 66.6 Å². The van der Waals surface area contributed by atoms with Gasteiger partial charge in [-0.15, -0.1) is 0 Å². The molecule has 0 radical (unpaired) electrons. The second kappa shape index (κ2) is 9.50. The minimum absolute atomic E-state index is 0.802. The average molecular weight is 612 g/mol. The van der Waals surface area contributed by atoms with Crippen molar-refractivity contribution in [1.29, 1.82) is 0 Å². The van der Waals surface area contributed by atoms with Crippen molar-refractivity contribution >= 4 is 76.3 Å². The van der Waals surface area contributed by atoms with Gasteiger partial charge in [-0.05, 0) is 75.1 Å². The molecule has 8 aromatic carbocycles. The van der Waals surface area contributed by atoms with E-state index in [0.29, 0.717) is 0 Å². The second-order valence-electron chi connectivity index (χ2n) is 12.5. The summed E-state index contributed by atoms with van der Waals surface area (Å²) in [5.41, 5.74) is 9.82.